The number of aliphatic imine (C=N–C) groups is 1. The molecule has 0 aliphatic heterocycles. The van der Waals surface area contributed by atoms with Gasteiger partial charge in [0.15, 0.2) is 0 Å². The van der Waals surface area contributed by atoms with Crippen LogP contribution in [0.15, 0.2) is 41.4 Å². The molecule has 0 N–H and O–H groups in total. The second-order valence-electron chi connectivity index (χ2n) is 5.97. The maximum Gasteiger partial charge on any atom is 0.338 e. The molecule has 0 heterocycles. The van der Waals surface area contributed by atoms with E-state index in [2.05, 4.69) is 4.99 Å². The van der Waals surface area contributed by atoms with Gasteiger partial charge in [0.1, 0.15) is 12.4 Å². The lowest BCUT2D eigenvalue weighted by Gasteiger charge is -2.12. The zero-order valence-electron chi connectivity index (χ0n) is 15.0. The Kier molecular flexibility index (Phi) is 6.28. The normalized spacial score (nSPS) is 10.9. The number of esters is 1. The first-order valence-electron chi connectivity index (χ1n) is 8.18. The standard InChI is InChI=1S/C20H23FN2O2/c1-5-23(4)13-22-19-11-14(2)18(10-15(19)3)20(24)25-12-16-6-8-17(21)9-7-16/h6-11,13H,5,12H2,1-4H3. The van der Waals surface area contributed by atoms with Gasteiger partial charge < -0.3 is 9.64 Å². The first kappa shape index (κ1) is 18.6. The Morgan fingerprint density at radius 1 is 1.20 bits per heavy atom. The van der Waals surface area contributed by atoms with E-state index in [1.54, 1.807) is 24.5 Å². The van der Waals surface area contributed by atoms with Gasteiger partial charge in [0.2, 0.25) is 0 Å². The molecule has 0 amide bonds. The Hall–Kier alpha value is -2.69. The van der Waals surface area contributed by atoms with E-state index in [4.69, 9.17) is 4.74 Å². The third-order valence-electron chi connectivity index (χ3n) is 3.94. The minimum absolute atomic E-state index is 0.110. The van der Waals surface area contributed by atoms with Crippen LogP contribution in [0.25, 0.3) is 0 Å². The number of carbonyl (C=O) groups is 1. The second kappa shape index (κ2) is 8.42. The van der Waals surface area contributed by atoms with Crippen LogP contribution in [-0.2, 0) is 11.3 Å². The van der Waals surface area contributed by atoms with Gasteiger partial charge in [0.05, 0.1) is 17.6 Å². The van der Waals surface area contributed by atoms with Crippen LogP contribution < -0.4 is 0 Å². The van der Waals surface area contributed by atoms with Crippen molar-refractivity contribution in [3.05, 3.63) is 64.5 Å². The molecular weight excluding hydrogens is 319 g/mol. The van der Waals surface area contributed by atoms with Crippen LogP contribution in [-0.4, -0.2) is 30.8 Å². The Balaban J connectivity index is 2.10. The Labute approximate surface area is 148 Å². The number of halogens is 1. The molecule has 4 nitrogen and oxygen atoms in total. The van der Waals surface area contributed by atoms with E-state index >= 15 is 0 Å². The van der Waals surface area contributed by atoms with Gasteiger partial charge in [-0.15, -0.1) is 0 Å². The molecule has 0 spiro atoms. The number of rotatable bonds is 6. The predicted octanol–water partition coefficient (Wildman–Crippen LogP) is 4.41. The van der Waals surface area contributed by atoms with E-state index < -0.39 is 5.97 Å². The number of hydrogen-bond donors (Lipinski definition) is 0. The molecule has 0 radical (unpaired) electrons. The lowest BCUT2D eigenvalue weighted by Crippen LogP contribution is -2.14. The van der Waals surface area contributed by atoms with Gasteiger partial charge in [-0.3, -0.25) is 0 Å². The summed E-state index contributed by atoms with van der Waals surface area (Å²) in [4.78, 5) is 18.8. The maximum atomic E-state index is 12.9. The van der Waals surface area contributed by atoms with E-state index in [-0.39, 0.29) is 12.4 Å². The molecule has 2 rings (SSSR count). The third kappa shape index (κ3) is 5.14. The van der Waals surface area contributed by atoms with Crippen LogP contribution in [0.3, 0.4) is 0 Å². The molecule has 0 aromatic heterocycles. The second-order valence-corrected chi connectivity index (χ2v) is 5.97. The monoisotopic (exact) mass is 342 g/mol. The van der Waals surface area contributed by atoms with Crippen LogP contribution in [0.2, 0.25) is 0 Å². The van der Waals surface area contributed by atoms with Gasteiger partial charge in [0, 0.05) is 13.6 Å². The van der Waals surface area contributed by atoms with Crippen LogP contribution >= 0.6 is 0 Å². The molecule has 0 saturated carbocycles. The van der Waals surface area contributed by atoms with Gasteiger partial charge in [-0.2, -0.15) is 0 Å². The number of hydrogen-bond acceptors (Lipinski definition) is 3. The molecule has 2 aromatic carbocycles. The summed E-state index contributed by atoms with van der Waals surface area (Å²) >= 11 is 0. The highest BCUT2D eigenvalue weighted by Crippen LogP contribution is 2.24. The fourth-order valence-electron chi connectivity index (χ4n) is 2.21. The number of aryl methyl sites for hydroxylation is 2. The SMILES string of the molecule is CCN(C)C=Nc1cc(C)c(C(=O)OCc2ccc(F)cc2)cc1C. The zero-order chi connectivity index (χ0) is 18.4. The molecule has 0 saturated heterocycles. The molecule has 132 valence electrons. The summed E-state index contributed by atoms with van der Waals surface area (Å²) in [6.45, 7) is 6.80. The molecule has 2 aromatic rings. The molecule has 0 fully saturated rings. The minimum atomic E-state index is -0.397. The maximum absolute atomic E-state index is 12.9. The molecule has 0 aliphatic carbocycles. The van der Waals surface area contributed by atoms with Crippen molar-refractivity contribution in [2.75, 3.05) is 13.6 Å². The average Bonchev–Trinajstić information content (AvgIpc) is 2.61. The Bertz CT molecular complexity index is 770. The average molecular weight is 342 g/mol. The van der Waals surface area contributed by atoms with Crippen molar-refractivity contribution < 1.29 is 13.9 Å². The zero-order valence-corrected chi connectivity index (χ0v) is 15.0. The molecule has 0 unspecified atom stereocenters. The first-order chi connectivity index (χ1) is 11.9. The Morgan fingerprint density at radius 3 is 2.52 bits per heavy atom. The van der Waals surface area contributed by atoms with Crippen LogP contribution in [0.1, 0.15) is 34.0 Å². The summed E-state index contributed by atoms with van der Waals surface area (Å²) in [5.74, 6) is -0.711. The number of ether oxygens (including phenoxy) is 1. The smallest absolute Gasteiger partial charge is 0.338 e. The van der Waals surface area contributed by atoms with Crippen molar-refractivity contribution in [3.63, 3.8) is 0 Å². The quantitative estimate of drug-likeness (QED) is 0.443. The van der Waals surface area contributed by atoms with Gasteiger partial charge in [-0.05, 0) is 61.7 Å². The van der Waals surface area contributed by atoms with Crippen molar-refractivity contribution in [1.29, 1.82) is 0 Å². The van der Waals surface area contributed by atoms with Crippen LogP contribution in [0.5, 0.6) is 0 Å². The van der Waals surface area contributed by atoms with Crippen molar-refractivity contribution in [2.24, 2.45) is 4.99 Å². The molecule has 5 heteroatoms. The van der Waals surface area contributed by atoms with E-state index in [1.807, 2.05) is 38.8 Å². The van der Waals surface area contributed by atoms with Gasteiger partial charge in [0.25, 0.3) is 0 Å². The van der Waals surface area contributed by atoms with Crippen molar-refractivity contribution >= 4 is 18.0 Å². The van der Waals surface area contributed by atoms with E-state index in [0.717, 1.165) is 28.9 Å². The number of nitrogens with zero attached hydrogens (tertiary/aromatic N) is 2. The topological polar surface area (TPSA) is 41.9 Å². The third-order valence-corrected chi connectivity index (χ3v) is 3.94. The highest BCUT2D eigenvalue weighted by atomic mass is 19.1. The fraction of sp³-hybridized carbons (Fsp3) is 0.300. The van der Waals surface area contributed by atoms with E-state index in [9.17, 15) is 9.18 Å². The van der Waals surface area contributed by atoms with E-state index in [0.29, 0.717) is 5.56 Å². The summed E-state index contributed by atoms with van der Waals surface area (Å²) < 4.78 is 18.2. The van der Waals surface area contributed by atoms with E-state index in [1.165, 1.54) is 12.1 Å². The summed E-state index contributed by atoms with van der Waals surface area (Å²) in [5.41, 5.74) is 3.80. The van der Waals surface area contributed by atoms with Gasteiger partial charge in [-0.1, -0.05) is 12.1 Å². The highest BCUT2D eigenvalue weighted by Gasteiger charge is 2.13. The molecular formula is C20H23FN2O2. The summed E-state index contributed by atoms with van der Waals surface area (Å²) in [6, 6.07) is 9.56. The molecule has 25 heavy (non-hydrogen) atoms. The summed E-state index contributed by atoms with van der Waals surface area (Å²) in [6.07, 6.45) is 1.77. The lowest BCUT2D eigenvalue weighted by atomic mass is 10.0. The van der Waals surface area contributed by atoms with Crippen LogP contribution in [0.4, 0.5) is 10.1 Å². The molecule has 0 aliphatic rings. The lowest BCUT2D eigenvalue weighted by molar-refractivity contribution is 0.0472. The van der Waals surface area contributed by atoms with Crippen molar-refractivity contribution in [2.45, 2.75) is 27.4 Å². The largest absolute Gasteiger partial charge is 0.457 e. The number of benzene rings is 2. The van der Waals surface area contributed by atoms with Crippen molar-refractivity contribution in [3.8, 4) is 0 Å². The first-order valence-corrected chi connectivity index (χ1v) is 8.18. The van der Waals surface area contributed by atoms with Gasteiger partial charge >= 0.3 is 5.97 Å². The van der Waals surface area contributed by atoms with Gasteiger partial charge in [-0.25, -0.2) is 14.2 Å². The highest BCUT2D eigenvalue weighted by molar-refractivity contribution is 5.92. The Morgan fingerprint density at radius 2 is 1.88 bits per heavy atom. The van der Waals surface area contributed by atoms with Crippen molar-refractivity contribution in [1.82, 2.24) is 4.90 Å². The van der Waals surface area contributed by atoms with Crippen LogP contribution in [0, 0.1) is 19.7 Å². The minimum Gasteiger partial charge on any atom is -0.457 e. The summed E-state index contributed by atoms with van der Waals surface area (Å²) in [5, 5.41) is 0. The number of carbonyl (C=O) groups excluding carboxylic acids is 1. The fourth-order valence-corrected chi connectivity index (χ4v) is 2.21. The molecule has 0 bridgehead atoms. The summed E-state index contributed by atoms with van der Waals surface area (Å²) in [7, 11) is 1.95. The predicted molar refractivity (Wildman–Crippen MR) is 97.9 cm³/mol. The molecule has 0 atom stereocenters.